The van der Waals surface area contributed by atoms with Crippen LogP contribution in [0.5, 0.6) is 0 Å². The molecule has 0 bridgehead atoms. The minimum absolute atomic E-state index is 0.0256. The molecular weight excluding hydrogens is 532 g/mol. The third kappa shape index (κ3) is 23.9. The monoisotopic (exact) mass is 578 g/mol. The van der Waals surface area contributed by atoms with Crippen LogP contribution in [0.4, 0.5) is 0 Å². The predicted octanol–water partition coefficient (Wildman–Crippen LogP) is 1.24. The minimum Gasteiger partial charge on any atom is -0.480 e. The lowest BCUT2D eigenvalue weighted by Gasteiger charge is -2.16. The number of thiol groups is 1. The Bertz CT molecular complexity index is 768. The van der Waals surface area contributed by atoms with Crippen molar-refractivity contribution in [2.45, 2.75) is 96.1 Å². The van der Waals surface area contributed by atoms with E-state index < -0.39 is 48.4 Å². The molecule has 13 nitrogen and oxygen atoms in total. The van der Waals surface area contributed by atoms with Crippen molar-refractivity contribution in [2.75, 3.05) is 25.9 Å². The highest BCUT2D eigenvalue weighted by molar-refractivity contribution is 7.80. The van der Waals surface area contributed by atoms with E-state index in [9.17, 15) is 28.8 Å². The van der Waals surface area contributed by atoms with E-state index in [0.717, 1.165) is 12.8 Å². The summed E-state index contributed by atoms with van der Waals surface area (Å²) in [5.41, 5.74) is 5.23. The summed E-state index contributed by atoms with van der Waals surface area (Å²) >= 11 is 3.87. The lowest BCUT2D eigenvalue weighted by molar-refractivity contribution is -0.143. The fourth-order valence-corrected chi connectivity index (χ4v) is 3.48. The molecule has 0 fully saturated rings. The number of aliphatic carboxylic acids is 3. The zero-order valence-corrected chi connectivity index (χ0v) is 23.9. The Kier molecular flexibility index (Phi) is 23.7. The van der Waals surface area contributed by atoms with Gasteiger partial charge in [0.25, 0.3) is 0 Å². The number of carbonyl (C=O) groups excluding carboxylic acids is 3. The molecule has 0 aliphatic rings. The van der Waals surface area contributed by atoms with Gasteiger partial charge >= 0.3 is 17.9 Å². The number of likely N-dealkylation sites (N-methyl/N-ethyl adjacent to an activating group) is 1. The number of carbonyl (C=O) groups is 6. The summed E-state index contributed by atoms with van der Waals surface area (Å²) in [5, 5.41) is 29.9. The summed E-state index contributed by atoms with van der Waals surface area (Å²) in [4.78, 5) is 67.0. The van der Waals surface area contributed by atoms with E-state index in [0.29, 0.717) is 6.42 Å². The van der Waals surface area contributed by atoms with Gasteiger partial charge in [0.15, 0.2) is 0 Å². The number of carboxylic acid groups (broad SMARTS) is 3. The van der Waals surface area contributed by atoms with Gasteiger partial charge < -0.3 is 36.6 Å². The molecule has 0 aliphatic carbocycles. The van der Waals surface area contributed by atoms with Gasteiger partial charge in [-0.3, -0.25) is 28.8 Å². The summed E-state index contributed by atoms with van der Waals surface area (Å²) in [6.07, 6.45) is 11.2. The number of amides is 3. The minimum atomic E-state index is -1.22. The Balaban J connectivity index is 0. The maximum absolute atomic E-state index is 11.5. The quantitative estimate of drug-likeness (QED) is 0.0763. The second-order valence-electron chi connectivity index (χ2n) is 9.12. The average molecular weight is 579 g/mol. The number of nitrogens with one attached hydrogen (secondary N) is 2. The number of unbranched alkanes of at least 4 members (excludes halogenated alkanes) is 8. The van der Waals surface area contributed by atoms with Gasteiger partial charge in [0.1, 0.15) is 25.2 Å². The largest absolute Gasteiger partial charge is 0.480 e. The summed E-state index contributed by atoms with van der Waals surface area (Å²) in [7, 11) is 1.55. The van der Waals surface area contributed by atoms with Crippen LogP contribution in [0.1, 0.15) is 84.0 Å². The van der Waals surface area contributed by atoms with Crippen LogP contribution in [-0.4, -0.2) is 93.8 Å². The molecule has 0 saturated carbocycles. The summed E-state index contributed by atoms with van der Waals surface area (Å²) in [6.45, 7) is 1.46. The number of nitrogens with zero attached hydrogens (tertiary/aromatic N) is 1. The first-order valence-electron chi connectivity index (χ1n) is 13.2. The topological polar surface area (TPSA) is 216 Å². The molecule has 2 unspecified atom stereocenters. The number of hydrogen-bond acceptors (Lipinski definition) is 8. The van der Waals surface area contributed by atoms with Gasteiger partial charge in [-0.2, -0.15) is 12.6 Å². The lowest BCUT2D eigenvalue weighted by atomic mass is 10.1. The molecule has 0 aromatic carbocycles. The number of hydrogen-bond donors (Lipinski definition) is 7. The molecule has 0 aromatic rings. The molecule has 0 aromatic heterocycles. The van der Waals surface area contributed by atoms with Gasteiger partial charge in [0.05, 0.1) is 0 Å². The summed E-state index contributed by atoms with van der Waals surface area (Å²) in [6, 6.07) is -2.15. The molecule has 0 rings (SSSR count). The summed E-state index contributed by atoms with van der Waals surface area (Å²) in [5.74, 6) is -4.72. The third-order valence-corrected chi connectivity index (χ3v) is 5.91. The van der Waals surface area contributed by atoms with Crippen molar-refractivity contribution in [1.82, 2.24) is 15.5 Å². The average Bonchev–Trinajstić information content (AvgIpc) is 2.87. The van der Waals surface area contributed by atoms with Gasteiger partial charge in [-0.15, -0.1) is 0 Å². The zero-order chi connectivity index (χ0) is 30.2. The standard InChI is InChI=1S/C15H29NO3.C10H17N3O6S/c1-3-4-5-6-7-8-9-10-11-12-14(17)16(2)13-15(18)19;11-5(10(18)19)1-2-7(14)13-6(4-20)9(17)12-3-8(15)16/h3-13H2,1-2H3,(H,18,19);5-6,20H,1-4,11H2,(H,12,17)(H,13,14)(H,15,16)(H,18,19). The van der Waals surface area contributed by atoms with Gasteiger partial charge in [-0.25, -0.2) is 0 Å². The molecule has 39 heavy (non-hydrogen) atoms. The molecule has 226 valence electrons. The molecule has 0 aliphatic heterocycles. The Morgan fingerprint density at radius 2 is 1.38 bits per heavy atom. The van der Waals surface area contributed by atoms with Crippen LogP contribution < -0.4 is 16.4 Å². The highest BCUT2D eigenvalue weighted by Gasteiger charge is 2.21. The number of rotatable bonds is 21. The van der Waals surface area contributed by atoms with Crippen molar-refractivity contribution >= 4 is 48.3 Å². The maximum atomic E-state index is 11.5. The van der Waals surface area contributed by atoms with Gasteiger partial charge in [0.2, 0.25) is 17.7 Å². The van der Waals surface area contributed by atoms with Crippen LogP contribution in [0.15, 0.2) is 0 Å². The molecule has 0 spiro atoms. The smallest absolute Gasteiger partial charge is 0.323 e. The van der Waals surface area contributed by atoms with E-state index in [-0.39, 0.29) is 31.0 Å². The van der Waals surface area contributed by atoms with Gasteiger partial charge in [0, 0.05) is 25.6 Å². The molecular formula is C25H46N4O9S. The van der Waals surface area contributed by atoms with Crippen molar-refractivity contribution in [1.29, 1.82) is 0 Å². The van der Waals surface area contributed by atoms with E-state index >= 15 is 0 Å². The lowest BCUT2D eigenvalue weighted by Crippen LogP contribution is -2.49. The zero-order valence-electron chi connectivity index (χ0n) is 23.0. The molecule has 0 heterocycles. The Hall–Kier alpha value is -2.87. The maximum Gasteiger partial charge on any atom is 0.323 e. The predicted molar refractivity (Wildman–Crippen MR) is 148 cm³/mol. The van der Waals surface area contributed by atoms with Crippen molar-refractivity contribution in [3.8, 4) is 0 Å². The van der Waals surface area contributed by atoms with E-state index in [4.69, 9.17) is 21.1 Å². The van der Waals surface area contributed by atoms with Gasteiger partial charge in [-0.1, -0.05) is 58.3 Å². The first-order valence-corrected chi connectivity index (χ1v) is 13.8. The number of carboxylic acids is 3. The Labute approximate surface area is 235 Å². The molecule has 0 radical (unpaired) electrons. The van der Waals surface area contributed by atoms with Crippen LogP contribution >= 0.6 is 12.6 Å². The molecule has 2 atom stereocenters. The summed E-state index contributed by atoms with van der Waals surface area (Å²) < 4.78 is 0. The second kappa shape index (κ2) is 24.2. The first kappa shape index (κ1) is 38.3. The van der Waals surface area contributed by atoms with Gasteiger partial charge in [-0.05, 0) is 12.8 Å². The second-order valence-corrected chi connectivity index (χ2v) is 9.48. The van der Waals surface area contributed by atoms with E-state index in [1.165, 1.54) is 49.8 Å². The fraction of sp³-hybridized carbons (Fsp3) is 0.760. The van der Waals surface area contributed by atoms with Crippen LogP contribution in [0.25, 0.3) is 0 Å². The van der Waals surface area contributed by atoms with Crippen molar-refractivity contribution in [3.63, 3.8) is 0 Å². The fourth-order valence-electron chi connectivity index (χ4n) is 3.23. The first-order chi connectivity index (χ1) is 18.3. The Morgan fingerprint density at radius 3 is 1.85 bits per heavy atom. The molecule has 3 amide bonds. The van der Waals surface area contributed by atoms with Crippen LogP contribution in [0, 0.1) is 0 Å². The Morgan fingerprint density at radius 1 is 0.846 bits per heavy atom. The van der Waals surface area contributed by atoms with Crippen molar-refractivity contribution in [2.24, 2.45) is 5.73 Å². The van der Waals surface area contributed by atoms with E-state index in [1.807, 2.05) is 0 Å². The SMILES string of the molecule is CCCCCCCCCCCC(=O)N(C)CC(=O)O.NC(CCC(=O)NC(CS)C(=O)NCC(=O)O)C(=O)O. The van der Waals surface area contributed by atoms with Crippen LogP contribution in [0.3, 0.4) is 0 Å². The highest BCUT2D eigenvalue weighted by atomic mass is 32.1. The molecule has 14 heteroatoms. The normalized spacial score (nSPS) is 11.8. The molecule has 0 saturated heterocycles. The number of nitrogens with two attached hydrogens (primary N) is 1. The van der Waals surface area contributed by atoms with Crippen LogP contribution in [0.2, 0.25) is 0 Å². The third-order valence-electron chi connectivity index (χ3n) is 5.54. The highest BCUT2D eigenvalue weighted by Crippen LogP contribution is 2.11. The van der Waals surface area contributed by atoms with Crippen molar-refractivity contribution in [3.05, 3.63) is 0 Å². The van der Waals surface area contributed by atoms with E-state index in [1.54, 1.807) is 7.05 Å². The van der Waals surface area contributed by atoms with Crippen molar-refractivity contribution < 1.29 is 44.1 Å². The molecule has 7 N–H and O–H groups in total. The van der Waals surface area contributed by atoms with E-state index in [2.05, 4.69) is 30.2 Å². The van der Waals surface area contributed by atoms with Crippen LogP contribution in [-0.2, 0) is 28.8 Å².